The normalized spacial score (nSPS) is 10.3. The highest BCUT2D eigenvalue weighted by atomic mass is 32.1. The van der Waals surface area contributed by atoms with Gasteiger partial charge in [-0.2, -0.15) is 0 Å². The molecule has 0 aromatic carbocycles. The quantitative estimate of drug-likeness (QED) is 0.720. The first kappa shape index (κ1) is 15.0. The predicted octanol–water partition coefficient (Wildman–Crippen LogP) is 2.92. The Bertz CT molecular complexity index is 806. The minimum atomic E-state index is -0.475. The number of thiazole rings is 1. The second-order valence-corrected chi connectivity index (χ2v) is 5.24. The number of nitrogens with one attached hydrogen (secondary N) is 1. The van der Waals surface area contributed by atoms with Gasteiger partial charge in [-0.1, -0.05) is 6.07 Å². The molecule has 7 nitrogen and oxygen atoms in total. The molecule has 3 aromatic heterocycles. The monoisotopic (exact) mass is 327 g/mol. The van der Waals surface area contributed by atoms with E-state index in [0.29, 0.717) is 10.9 Å². The standard InChI is InChI=1S/C15H13N5O2S/c1-2-22-14(21)10-7-16-9-18-13(10)20-15-19-12(8-23-15)11-5-3-4-6-17-11/h3-9H,2H2,1H3,(H,16,18,19,20). The topological polar surface area (TPSA) is 89.9 Å². The third kappa shape index (κ3) is 3.49. The number of carbonyl (C=O) groups excluding carboxylic acids is 1. The van der Waals surface area contributed by atoms with Crippen molar-refractivity contribution in [2.75, 3.05) is 11.9 Å². The number of hydrogen-bond acceptors (Lipinski definition) is 8. The van der Waals surface area contributed by atoms with Crippen molar-refractivity contribution in [1.29, 1.82) is 0 Å². The summed E-state index contributed by atoms with van der Waals surface area (Å²) in [6, 6.07) is 5.63. The summed E-state index contributed by atoms with van der Waals surface area (Å²) in [6.45, 7) is 2.03. The summed E-state index contributed by atoms with van der Waals surface area (Å²) in [7, 11) is 0. The Morgan fingerprint density at radius 1 is 1.30 bits per heavy atom. The van der Waals surface area contributed by atoms with Crippen LogP contribution in [0.2, 0.25) is 0 Å². The van der Waals surface area contributed by atoms with E-state index in [-0.39, 0.29) is 12.2 Å². The molecule has 8 heteroatoms. The van der Waals surface area contributed by atoms with Gasteiger partial charge in [0.05, 0.1) is 12.3 Å². The molecule has 116 valence electrons. The van der Waals surface area contributed by atoms with Gasteiger partial charge in [-0.15, -0.1) is 11.3 Å². The summed E-state index contributed by atoms with van der Waals surface area (Å²) >= 11 is 1.40. The van der Waals surface area contributed by atoms with Gasteiger partial charge in [0.2, 0.25) is 0 Å². The fourth-order valence-electron chi connectivity index (χ4n) is 1.85. The van der Waals surface area contributed by atoms with Crippen LogP contribution in [0.5, 0.6) is 0 Å². The Balaban J connectivity index is 1.83. The van der Waals surface area contributed by atoms with E-state index < -0.39 is 5.97 Å². The molecule has 0 saturated heterocycles. The zero-order valence-corrected chi connectivity index (χ0v) is 13.1. The van der Waals surface area contributed by atoms with E-state index >= 15 is 0 Å². The number of aromatic nitrogens is 4. The molecule has 3 aromatic rings. The lowest BCUT2D eigenvalue weighted by Gasteiger charge is -2.07. The van der Waals surface area contributed by atoms with E-state index in [2.05, 4.69) is 25.3 Å². The maximum absolute atomic E-state index is 11.9. The van der Waals surface area contributed by atoms with Crippen LogP contribution in [0.4, 0.5) is 10.9 Å². The molecule has 0 spiro atoms. The van der Waals surface area contributed by atoms with E-state index in [1.165, 1.54) is 23.9 Å². The van der Waals surface area contributed by atoms with Crippen molar-refractivity contribution in [1.82, 2.24) is 19.9 Å². The third-order valence-corrected chi connectivity index (χ3v) is 3.62. The summed E-state index contributed by atoms with van der Waals surface area (Å²) in [5, 5.41) is 5.52. The largest absolute Gasteiger partial charge is 0.462 e. The Kier molecular flexibility index (Phi) is 4.53. The summed E-state index contributed by atoms with van der Waals surface area (Å²) in [6.07, 6.45) is 4.49. The lowest BCUT2D eigenvalue weighted by Crippen LogP contribution is -2.09. The van der Waals surface area contributed by atoms with Crippen LogP contribution in [0.15, 0.2) is 42.3 Å². The molecule has 0 unspecified atom stereocenters. The Hall–Kier alpha value is -2.87. The zero-order chi connectivity index (χ0) is 16.1. The number of pyridine rings is 1. The van der Waals surface area contributed by atoms with Gasteiger partial charge in [0, 0.05) is 17.8 Å². The molecule has 0 aliphatic carbocycles. The SMILES string of the molecule is CCOC(=O)c1cncnc1Nc1nc(-c2ccccn2)cs1. The van der Waals surface area contributed by atoms with Crippen molar-refractivity contribution >= 4 is 28.3 Å². The van der Waals surface area contributed by atoms with Crippen molar-refractivity contribution in [3.05, 3.63) is 47.9 Å². The summed E-state index contributed by atoms with van der Waals surface area (Å²) in [5.41, 5.74) is 1.80. The number of rotatable bonds is 5. The highest BCUT2D eigenvalue weighted by molar-refractivity contribution is 7.14. The number of anilines is 2. The van der Waals surface area contributed by atoms with Crippen molar-refractivity contribution in [3.8, 4) is 11.4 Å². The molecule has 0 atom stereocenters. The van der Waals surface area contributed by atoms with E-state index in [0.717, 1.165) is 11.4 Å². The third-order valence-electron chi connectivity index (χ3n) is 2.86. The molecule has 0 amide bonds. The number of ether oxygens (including phenoxy) is 1. The highest BCUT2D eigenvalue weighted by Crippen LogP contribution is 2.26. The van der Waals surface area contributed by atoms with E-state index in [4.69, 9.17) is 4.74 Å². The van der Waals surface area contributed by atoms with Crippen LogP contribution in [0.1, 0.15) is 17.3 Å². The maximum atomic E-state index is 11.9. The van der Waals surface area contributed by atoms with E-state index in [9.17, 15) is 4.79 Å². The fourth-order valence-corrected chi connectivity index (χ4v) is 2.56. The van der Waals surface area contributed by atoms with E-state index in [1.807, 2.05) is 23.6 Å². The van der Waals surface area contributed by atoms with Crippen LogP contribution in [0, 0.1) is 0 Å². The highest BCUT2D eigenvalue weighted by Gasteiger charge is 2.15. The average Bonchev–Trinajstić information content (AvgIpc) is 3.05. The summed E-state index contributed by atoms with van der Waals surface area (Å²) in [5.74, 6) is -0.113. The molecule has 0 aliphatic rings. The zero-order valence-electron chi connectivity index (χ0n) is 12.3. The van der Waals surface area contributed by atoms with Gasteiger partial charge in [0.1, 0.15) is 23.4 Å². The summed E-state index contributed by atoms with van der Waals surface area (Å²) in [4.78, 5) is 28.6. The molecule has 23 heavy (non-hydrogen) atoms. The molecular formula is C15H13N5O2S. The van der Waals surface area contributed by atoms with Crippen LogP contribution in [-0.2, 0) is 4.74 Å². The van der Waals surface area contributed by atoms with Crippen LogP contribution in [0.25, 0.3) is 11.4 Å². The lowest BCUT2D eigenvalue weighted by atomic mass is 10.3. The van der Waals surface area contributed by atoms with Crippen molar-refractivity contribution < 1.29 is 9.53 Å². The lowest BCUT2D eigenvalue weighted by molar-refractivity contribution is 0.0526. The van der Waals surface area contributed by atoms with Gasteiger partial charge in [0.15, 0.2) is 5.13 Å². The first-order valence-electron chi connectivity index (χ1n) is 6.89. The van der Waals surface area contributed by atoms with Crippen LogP contribution < -0.4 is 5.32 Å². The van der Waals surface area contributed by atoms with Gasteiger partial charge in [-0.05, 0) is 19.1 Å². The van der Waals surface area contributed by atoms with Gasteiger partial charge < -0.3 is 10.1 Å². The van der Waals surface area contributed by atoms with Crippen molar-refractivity contribution in [3.63, 3.8) is 0 Å². The van der Waals surface area contributed by atoms with Gasteiger partial charge >= 0.3 is 5.97 Å². The molecule has 0 radical (unpaired) electrons. The van der Waals surface area contributed by atoms with Crippen LogP contribution in [0.3, 0.4) is 0 Å². The molecule has 0 fully saturated rings. The summed E-state index contributed by atoms with van der Waals surface area (Å²) < 4.78 is 4.99. The predicted molar refractivity (Wildman–Crippen MR) is 86.6 cm³/mol. The Morgan fingerprint density at radius 3 is 3.00 bits per heavy atom. The second kappa shape index (κ2) is 6.93. The molecular weight excluding hydrogens is 314 g/mol. The number of carbonyl (C=O) groups is 1. The number of esters is 1. The van der Waals surface area contributed by atoms with Crippen molar-refractivity contribution in [2.24, 2.45) is 0 Å². The average molecular weight is 327 g/mol. The Morgan fingerprint density at radius 2 is 2.22 bits per heavy atom. The van der Waals surface area contributed by atoms with Gasteiger partial charge in [0.25, 0.3) is 0 Å². The number of hydrogen-bond donors (Lipinski definition) is 1. The molecule has 1 N–H and O–H groups in total. The van der Waals surface area contributed by atoms with Crippen molar-refractivity contribution in [2.45, 2.75) is 6.92 Å². The molecule has 3 heterocycles. The minimum Gasteiger partial charge on any atom is -0.462 e. The first-order chi connectivity index (χ1) is 11.3. The maximum Gasteiger partial charge on any atom is 0.343 e. The minimum absolute atomic E-state index is 0.268. The first-order valence-corrected chi connectivity index (χ1v) is 7.77. The van der Waals surface area contributed by atoms with Gasteiger partial charge in [-0.3, -0.25) is 4.98 Å². The van der Waals surface area contributed by atoms with Crippen LogP contribution >= 0.6 is 11.3 Å². The van der Waals surface area contributed by atoms with Gasteiger partial charge in [-0.25, -0.2) is 19.7 Å². The molecule has 3 rings (SSSR count). The molecule has 0 bridgehead atoms. The molecule has 0 saturated carbocycles. The molecule has 0 aliphatic heterocycles. The van der Waals surface area contributed by atoms with E-state index in [1.54, 1.807) is 13.1 Å². The van der Waals surface area contributed by atoms with Crippen LogP contribution in [-0.4, -0.2) is 32.5 Å². The number of nitrogens with zero attached hydrogens (tertiary/aromatic N) is 4. The fraction of sp³-hybridized carbons (Fsp3) is 0.133. The second-order valence-electron chi connectivity index (χ2n) is 4.38. The smallest absolute Gasteiger partial charge is 0.343 e. The Labute approximate surface area is 136 Å².